The lowest BCUT2D eigenvalue weighted by molar-refractivity contribution is 0.789. The van der Waals surface area contributed by atoms with Crippen LogP contribution in [0.1, 0.15) is 52.9 Å². The zero-order valence-electron chi connectivity index (χ0n) is 8.77. The molecule has 0 aromatic rings. The first-order valence-electron chi connectivity index (χ1n) is 5.29. The van der Waals surface area contributed by atoms with E-state index in [1.165, 1.54) is 32.1 Å². The van der Waals surface area contributed by atoms with Crippen LogP contribution in [0.5, 0.6) is 0 Å². The standard InChI is InChI=1S/C10H16.C2H6/c1-2-3-7-10-8-5-4-6-9-10;1-2/h5,8-9H,2-4,6-7H2,1H3;1-2H3. The first-order chi connectivity index (χ1) is 5.93. The molecule has 12 heavy (non-hydrogen) atoms. The van der Waals surface area contributed by atoms with Crippen molar-refractivity contribution in [2.45, 2.75) is 52.9 Å². The van der Waals surface area contributed by atoms with Crippen molar-refractivity contribution < 1.29 is 0 Å². The molecule has 1 aliphatic rings. The summed E-state index contributed by atoms with van der Waals surface area (Å²) in [7, 11) is 0. The third kappa shape index (κ3) is 5.17. The van der Waals surface area contributed by atoms with E-state index in [-0.39, 0.29) is 0 Å². The van der Waals surface area contributed by atoms with Crippen LogP contribution >= 0.6 is 0 Å². The van der Waals surface area contributed by atoms with E-state index in [1.807, 2.05) is 13.8 Å². The molecule has 0 radical (unpaired) electrons. The van der Waals surface area contributed by atoms with Crippen molar-refractivity contribution in [3.05, 3.63) is 23.8 Å². The predicted octanol–water partition coefficient (Wildman–Crippen LogP) is 4.48. The fourth-order valence-electron chi connectivity index (χ4n) is 1.23. The van der Waals surface area contributed by atoms with Gasteiger partial charge >= 0.3 is 0 Å². The highest BCUT2D eigenvalue weighted by Crippen LogP contribution is 2.15. The quantitative estimate of drug-likeness (QED) is 0.580. The van der Waals surface area contributed by atoms with Gasteiger partial charge in [0.25, 0.3) is 0 Å². The van der Waals surface area contributed by atoms with E-state index in [1.54, 1.807) is 5.57 Å². The van der Waals surface area contributed by atoms with Crippen LogP contribution in [0.15, 0.2) is 23.8 Å². The molecule has 0 saturated carbocycles. The fourth-order valence-corrected chi connectivity index (χ4v) is 1.23. The zero-order chi connectivity index (χ0) is 9.23. The van der Waals surface area contributed by atoms with Crippen molar-refractivity contribution in [3.8, 4) is 0 Å². The number of hydrogen-bond acceptors (Lipinski definition) is 0. The lowest BCUT2D eigenvalue weighted by Crippen LogP contribution is -1.84. The van der Waals surface area contributed by atoms with Gasteiger partial charge < -0.3 is 0 Å². The van der Waals surface area contributed by atoms with E-state index < -0.39 is 0 Å². The third-order valence-corrected chi connectivity index (χ3v) is 1.89. The van der Waals surface area contributed by atoms with Gasteiger partial charge in [-0.25, -0.2) is 0 Å². The summed E-state index contributed by atoms with van der Waals surface area (Å²) in [6, 6.07) is 0. The molecular formula is C12H22. The molecule has 1 aliphatic carbocycles. The summed E-state index contributed by atoms with van der Waals surface area (Å²) in [5.41, 5.74) is 1.55. The lowest BCUT2D eigenvalue weighted by atomic mass is 10.0. The normalized spacial score (nSPS) is 14.8. The van der Waals surface area contributed by atoms with Crippen molar-refractivity contribution in [1.82, 2.24) is 0 Å². The van der Waals surface area contributed by atoms with E-state index in [0.29, 0.717) is 0 Å². The van der Waals surface area contributed by atoms with E-state index in [0.717, 1.165) is 0 Å². The van der Waals surface area contributed by atoms with Crippen molar-refractivity contribution >= 4 is 0 Å². The largest absolute Gasteiger partial charge is 0.0840 e. The van der Waals surface area contributed by atoms with E-state index in [2.05, 4.69) is 25.2 Å². The summed E-state index contributed by atoms with van der Waals surface area (Å²) in [4.78, 5) is 0. The molecule has 0 fully saturated rings. The summed E-state index contributed by atoms with van der Waals surface area (Å²) in [6.45, 7) is 6.24. The van der Waals surface area contributed by atoms with E-state index in [9.17, 15) is 0 Å². The molecule has 0 N–H and O–H groups in total. The smallest absolute Gasteiger partial charge is 0.0282 e. The van der Waals surface area contributed by atoms with Crippen LogP contribution in [-0.4, -0.2) is 0 Å². The number of hydrogen-bond donors (Lipinski definition) is 0. The monoisotopic (exact) mass is 166 g/mol. The molecule has 0 nitrogen and oxygen atoms in total. The van der Waals surface area contributed by atoms with Gasteiger partial charge in [-0.15, -0.1) is 0 Å². The molecule has 0 amide bonds. The average molecular weight is 166 g/mol. The summed E-state index contributed by atoms with van der Waals surface area (Å²) in [5.74, 6) is 0. The molecule has 0 unspecified atom stereocenters. The molecule has 0 saturated heterocycles. The second kappa shape index (κ2) is 8.58. The van der Waals surface area contributed by atoms with Gasteiger partial charge in [0, 0.05) is 0 Å². The lowest BCUT2D eigenvalue weighted by Gasteiger charge is -2.04. The Morgan fingerprint density at radius 1 is 1.25 bits per heavy atom. The maximum atomic E-state index is 2.37. The summed E-state index contributed by atoms with van der Waals surface area (Å²) >= 11 is 0. The molecule has 0 bridgehead atoms. The highest BCUT2D eigenvalue weighted by atomic mass is 14.0. The fraction of sp³-hybridized carbons (Fsp3) is 0.667. The molecule has 0 atom stereocenters. The van der Waals surface area contributed by atoms with E-state index in [4.69, 9.17) is 0 Å². The van der Waals surface area contributed by atoms with Crippen molar-refractivity contribution in [2.24, 2.45) is 0 Å². The molecule has 1 rings (SSSR count). The number of rotatable bonds is 3. The first kappa shape index (κ1) is 11.5. The van der Waals surface area contributed by atoms with Crippen LogP contribution in [-0.2, 0) is 0 Å². The Morgan fingerprint density at radius 2 is 2.00 bits per heavy atom. The van der Waals surface area contributed by atoms with Crippen molar-refractivity contribution in [2.75, 3.05) is 0 Å². The summed E-state index contributed by atoms with van der Waals surface area (Å²) in [5, 5.41) is 0. The second-order valence-corrected chi connectivity index (χ2v) is 2.86. The second-order valence-electron chi connectivity index (χ2n) is 2.86. The highest BCUT2D eigenvalue weighted by Gasteiger charge is 1.94. The first-order valence-corrected chi connectivity index (χ1v) is 5.29. The summed E-state index contributed by atoms with van der Waals surface area (Å²) < 4.78 is 0. The Hall–Kier alpha value is -0.520. The predicted molar refractivity (Wildman–Crippen MR) is 57.3 cm³/mol. The van der Waals surface area contributed by atoms with Gasteiger partial charge in [0.15, 0.2) is 0 Å². The minimum absolute atomic E-state index is 1.25. The topological polar surface area (TPSA) is 0 Å². The Balaban J connectivity index is 0.000000561. The Kier molecular flexibility index (Phi) is 8.20. The maximum absolute atomic E-state index is 2.37. The van der Waals surface area contributed by atoms with Crippen molar-refractivity contribution in [3.63, 3.8) is 0 Å². The van der Waals surface area contributed by atoms with E-state index >= 15 is 0 Å². The zero-order valence-corrected chi connectivity index (χ0v) is 8.77. The minimum atomic E-state index is 1.25. The molecule has 0 spiro atoms. The van der Waals surface area contributed by atoms with Crippen LogP contribution in [0, 0.1) is 0 Å². The number of allylic oxidation sites excluding steroid dienone is 4. The SMILES string of the molecule is CC.CCCCC1=CCCC=C1. The molecular weight excluding hydrogens is 144 g/mol. The van der Waals surface area contributed by atoms with Gasteiger partial charge in [-0.3, -0.25) is 0 Å². The molecule has 0 aromatic carbocycles. The van der Waals surface area contributed by atoms with Crippen LogP contribution in [0.25, 0.3) is 0 Å². The number of unbranched alkanes of at least 4 members (excludes halogenated alkanes) is 1. The van der Waals surface area contributed by atoms with Gasteiger partial charge in [-0.1, -0.05) is 51.0 Å². The maximum Gasteiger partial charge on any atom is -0.0282 e. The Labute approximate surface area is 77.4 Å². The van der Waals surface area contributed by atoms with Gasteiger partial charge in [0.1, 0.15) is 0 Å². The summed E-state index contributed by atoms with van der Waals surface area (Å²) in [6.07, 6.45) is 13.4. The molecule has 0 heteroatoms. The minimum Gasteiger partial charge on any atom is -0.0840 e. The Bertz CT molecular complexity index is 140. The van der Waals surface area contributed by atoms with Crippen LogP contribution in [0.3, 0.4) is 0 Å². The average Bonchev–Trinajstić information content (AvgIpc) is 2.19. The molecule has 0 aliphatic heterocycles. The third-order valence-electron chi connectivity index (χ3n) is 1.89. The van der Waals surface area contributed by atoms with Crippen molar-refractivity contribution in [1.29, 1.82) is 0 Å². The van der Waals surface area contributed by atoms with Gasteiger partial charge in [0.05, 0.1) is 0 Å². The van der Waals surface area contributed by atoms with Crippen LogP contribution < -0.4 is 0 Å². The Morgan fingerprint density at radius 3 is 2.50 bits per heavy atom. The highest BCUT2D eigenvalue weighted by molar-refractivity contribution is 5.21. The molecule has 70 valence electrons. The van der Waals surface area contributed by atoms with Crippen LogP contribution in [0.4, 0.5) is 0 Å². The molecule has 0 aromatic heterocycles. The van der Waals surface area contributed by atoms with Crippen LogP contribution in [0.2, 0.25) is 0 Å². The molecule has 0 heterocycles. The van der Waals surface area contributed by atoms with Gasteiger partial charge in [-0.2, -0.15) is 0 Å². The van der Waals surface area contributed by atoms with Gasteiger partial charge in [0.2, 0.25) is 0 Å². The van der Waals surface area contributed by atoms with Gasteiger partial charge in [-0.05, 0) is 25.7 Å².